The van der Waals surface area contributed by atoms with Crippen LogP contribution in [-0.2, 0) is 36.6 Å². The Labute approximate surface area is 189 Å². The van der Waals surface area contributed by atoms with E-state index in [0.29, 0.717) is 31.5 Å². The van der Waals surface area contributed by atoms with Crippen molar-refractivity contribution in [2.24, 2.45) is 7.05 Å². The van der Waals surface area contributed by atoms with Crippen LogP contribution < -0.4 is 4.90 Å². The van der Waals surface area contributed by atoms with E-state index >= 15 is 0 Å². The molecule has 0 atom stereocenters. The van der Waals surface area contributed by atoms with Crippen LogP contribution in [0.15, 0.2) is 60.7 Å². The van der Waals surface area contributed by atoms with Gasteiger partial charge in [0.1, 0.15) is 0 Å². The number of nitrogens with zero attached hydrogens (tertiary/aromatic N) is 4. The molecule has 1 aromatic heterocycles. The fourth-order valence-electron chi connectivity index (χ4n) is 4.17. The van der Waals surface area contributed by atoms with E-state index in [1.54, 1.807) is 21.3 Å². The predicted molar refractivity (Wildman–Crippen MR) is 125 cm³/mol. The van der Waals surface area contributed by atoms with Crippen molar-refractivity contribution in [1.82, 2.24) is 14.1 Å². The zero-order chi connectivity index (χ0) is 22.7. The number of hydrogen-bond acceptors (Lipinski definition) is 4. The van der Waals surface area contributed by atoms with Gasteiger partial charge >= 0.3 is 0 Å². The molecule has 32 heavy (non-hydrogen) atoms. The van der Waals surface area contributed by atoms with Crippen molar-refractivity contribution in [2.45, 2.75) is 32.9 Å². The SMILES string of the molecule is CCCS(=O)(=O)N1CCc2c(c(CN(C(=O)c3ccccc3)c3ccccc3)nn2C)C1. The summed E-state index contributed by atoms with van der Waals surface area (Å²) < 4.78 is 28.7. The first-order valence-corrected chi connectivity index (χ1v) is 12.4. The highest BCUT2D eigenvalue weighted by molar-refractivity contribution is 7.89. The number of amides is 1. The summed E-state index contributed by atoms with van der Waals surface area (Å²) >= 11 is 0. The van der Waals surface area contributed by atoms with E-state index in [1.807, 2.05) is 67.2 Å². The van der Waals surface area contributed by atoms with Crippen molar-refractivity contribution in [1.29, 1.82) is 0 Å². The second-order valence-corrected chi connectivity index (χ2v) is 10.1. The average Bonchev–Trinajstić information content (AvgIpc) is 3.13. The number of fused-ring (bicyclic) bond motifs is 1. The molecule has 0 spiro atoms. The van der Waals surface area contributed by atoms with E-state index in [9.17, 15) is 13.2 Å². The molecule has 1 aliphatic heterocycles. The molecule has 7 nitrogen and oxygen atoms in total. The predicted octanol–water partition coefficient (Wildman–Crippen LogP) is 3.37. The van der Waals surface area contributed by atoms with Crippen LogP contribution in [0, 0.1) is 0 Å². The van der Waals surface area contributed by atoms with E-state index in [2.05, 4.69) is 0 Å². The van der Waals surface area contributed by atoms with Gasteiger partial charge in [-0.25, -0.2) is 8.42 Å². The summed E-state index contributed by atoms with van der Waals surface area (Å²) in [5, 5.41) is 4.70. The van der Waals surface area contributed by atoms with Gasteiger partial charge in [0.15, 0.2) is 0 Å². The van der Waals surface area contributed by atoms with E-state index < -0.39 is 10.0 Å². The van der Waals surface area contributed by atoms with Crippen LogP contribution >= 0.6 is 0 Å². The van der Waals surface area contributed by atoms with Crippen molar-refractivity contribution in [3.8, 4) is 0 Å². The number of benzene rings is 2. The minimum absolute atomic E-state index is 0.123. The van der Waals surface area contributed by atoms with E-state index in [4.69, 9.17) is 5.10 Å². The minimum atomic E-state index is -3.31. The lowest BCUT2D eigenvalue weighted by Crippen LogP contribution is -2.38. The number of aryl methyl sites for hydroxylation is 1. The molecule has 0 bridgehead atoms. The van der Waals surface area contributed by atoms with Crippen molar-refractivity contribution < 1.29 is 13.2 Å². The highest BCUT2D eigenvalue weighted by Gasteiger charge is 2.31. The lowest BCUT2D eigenvalue weighted by Gasteiger charge is -2.28. The lowest BCUT2D eigenvalue weighted by atomic mass is 10.1. The van der Waals surface area contributed by atoms with Gasteiger partial charge in [-0.3, -0.25) is 9.48 Å². The molecule has 0 radical (unpaired) electrons. The Kier molecular flexibility index (Phi) is 6.43. The molecule has 8 heteroatoms. The first-order valence-electron chi connectivity index (χ1n) is 10.8. The lowest BCUT2D eigenvalue weighted by molar-refractivity contribution is 0.0984. The van der Waals surface area contributed by atoms with Crippen molar-refractivity contribution >= 4 is 21.6 Å². The molecule has 0 saturated carbocycles. The highest BCUT2D eigenvalue weighted by Crippen LogP contribution is 2.27. The van der Waals surface area contributed by atoms with Gasteiger partial charge < -0.3 is 4.90 Å². The molecular weight excluding hydrogens is 424 g/mol. The van der Waals surface area contributed by atoms with Crippen molar-refractivity contribution in [2.75, 3.05) is 17.2 Å². The topological polar surface area (TPSA) is 75.5 Å². The maximum atomic E-state index is 13.4. The molecular formula is C24H28N4O3S. The van der Waals surface area contributed by atoms with Gasteiger partial charge in [-0.1, -0.05) is 43.3 Å². The van der Waals surface area contributed by atoms with Crippen LogP contribution in [0.3, 0.4) is 0 Å². The van der Waals surface area contributed by atoms with Crippen LogP contribution in [0.1, 0.15) is 40.7 Å². The van der Waals surface area contributed by atoms with E-state index in [-0.39, 0.29) is 18.2 Å². The molecule has 2 heterocycles. The average molecular weight is 453 g/mol. The molecule has 1 amide bonds. The third-order valence-electron chi connectivity index (χ3n) is 5.79. The Morgan fingerprint density at radius 2 is 1.72 bits per heavy atom. The Hall–Kier alpha value is -2.97. The molecule has 0 fully saturated rings. The summed E-state index contributed by atoms with van der Waals surface area (Å²) in [5.41, 5.74) is 4.02. The first kappa shape index (κ1) is 22.2. The summed E-state index contributed by atoms with van der Waals surface area (Å²) in [6.07, 6.45) is 1.19. The standard InChI is InChI=1S/C24H28N4O3S/c1-3-16-32(30,31)27-15-14-23-21(17-27)22(25-26(23)2)18-28(20-12-8-5-9-13-20)24(29)19-10-6-4-7-11-19/h4-13H,3,14-18H2,1-2H3. The Morgan fingerprint density at radius 3 is 2.38 bits per heavy atom. The molecule has 0 unspecified atom stereocenters. The van der Waals surface area contributed by atoms with Gasteiger partial charge in [-0.15, -0.1) is 0 Å². The van der Waals surface area contributed by atoms with Crippen LogP contribution in [0.25, 0.3) is 0 Å². The number of carbonyl (C=O) groups excluding carboxylic acids is 1. The third-order valence-corrected chi connectivity index (χ3v) is 7.81. The normalized spacial score (nSPS) is 14.2. The number of para-hydroxylation sites is 1. The fourth-order valence-corrected chi connectivity index (χ4v) is 5.64. The summed E-state index contributed by atoms with van der Waals surface area (Å²) in [6, 6.07) is 18.7. The maximum Gasteiger partial charge on any atom is 0.258 e. The first-order chi connectivity index (χ1) is 15.4. The van der Waals surface area contributed by atoms with Crippen LogP contribution in [0.4, 0.5) is 5.69 Å². The summed E-state index contributed by atoms with van der Waals surface area (Å²) in [6.45, 7) is 2.89. The summed E-state index contributed by atoms with van der Waals surface area (Å²) in [5.74, 6) is 0.0167. The quantitative estimate of drug-likeness (QED) is 0.551. The van der Waals surface area contributed by atoms with Crippen molar-refractivity contribution in [3.63, 3.8) is 0 Å². The Balaban J connectivity index is 1.69. The largest absolute Gasteiger partial charge is 0.302 e. The monoisotopic (exact) mass is 452 g/mol. The molecule has 4 rings (SSSR count). The minimum Gasteiger partial charge on any atom is -0.302 e. The van der Waals surface area contributed by atoms with Crippen molar-refractivity contribution in [3.05, 3.63) is 83.2 Å². The number of anilines is 1. The number of sulfonamides is 1. The van der Waals surface area contributed by atoms with Gasteiger partial charge in [0, 0.05) is 49.1 Å². The smallest absolute Gasteiger partial charge is 0.258 e. The van der Waals surface area contributed by atoms with Crippen LogP contribution in [0.2, 0.25) is 0 Å². The maximum absolute atomic E-state index is 13.4. The van der Waals surface area contributed by atoms with Gasteiger partial charge in [0.05, 0.1) is 18.0 Å². The fraction of sp³-hybridized carbons (Fsp3) is 0.333. The van der Waals surface area contributed by atoms with Gasteiger partial charge in [-0.05, 0) is 30.7 Å². The number of aromatic nitrogens is 2. The number of rotatable bonds is 7. The van der Waals surface area contributed by atoms with Gasteiger partial charge in [0.25, 0.3) is 5.91 Å². The zero-order valence-electron chi connectivity index (χ0n) is 18.4. The summed E-state index contributed by atoms with van der Waals surface area (Å²) in [4.78, 5) is 15.1. The second kappa shape index (κ2) is 9.26. The molecule has 0 N–H and O–H groups in total. The molecule has 3 aromatic rings. The molecule has 0 aliphatic carbocycles. The van der Waals surface area contributed by atoms with Gasteiger partial charge in [0.2, 0.25) is 10.0 Å². The Morgan fingerprint density at radius 1 is 1.06 bits per heavy atom. The molecule has 168 valence electrons. The number of carbonyl (C=O) groups is 1. The highest BCUT2D eigenvalue weighted by atomic mass is 32.2. The second-order valence-electron chi connectivity index (χ2n) is 7.99. The number of hydrogen-bond donors (Lipinski definition) is 0. The Bertz CT molecular complexity index is 1190. The van der Waals surface area contributed by atoms with Gasteiger partial charge in [-0.2, -0.15) is 9.40 Å². The third kappa shape index (κ3) is 4.47. The zero-order valence-corrected chi connectivity index (χ0v) is 19.3. The molecule has 0 saturated heterocycles. The van der Waals surface area contributed by atoms with E-state index in [0.717, 1.165) is 22.6 Å². The molecule has 1 aliphatic rings. The van der Waals surface area contributed by atoms with E-state index in [1.165, 1.54) is 0 Å². The molecule has 2 aromatic carbocycles. The van der Waals surface area contributed by atoms with Crippen LogP contribution in [0.5, 0.6) is 0 Å². The summed E-state index contributed by atoms with van der Waals surface area (Å²) in [7, 11) is -1.43. The van der Waals surface area contributed by atoms with Crippen LogP contribution in [-0.4, -0.2) is 40.7 Å².